The van der Waals surface area contributed by atoms with E-state index in [4.69, 9.17) is 0 Å². The van der Waals surface area contributed by atoms with E-state index in [1.807, 2.05) is 18.2 Å². The molecule has 6 heteroatoms. The SMILES string of the molecule is OC(c1cc(F)cc(F)c1)c1cnnn1-c1ccccc1. The van der Waals surface area contributed by atoms with E-state index in [-0.39, 0.29) is 5.56 Å². The Bertz CT molecular complexity index is 738. The minimum atomic E-state index is -1.23. The van der Waals surface area contributed by atoms with Crippen molar-refractivity contribution in [1.82, 2.24) is 15.0 Å². The first-order chi connectivity index (χ1) is 10.1. The molecule has 0 saturated carbocycles. The molecule has 0 amide bonds. The molecule has 4 nitrogen and oxygen atoms in total. The van der Waals surface area contributed by atoms with Crippen molar-refractivity contribution in [2.24, 2.45) is 0 Å². The Kier molecular flexibility index (Phi) is 3.45. The average Bonchev–Trinajstić information content (AvgIpc) is 2.95. The van der Waals surface area contributed by atoms with Gasteiger partial charge in [0.1, 0.15) is 17.7 Å². The van der Waals surface area contributed by atoms with Crippen LogP contribution in [-0.4, -0.2) is 20.1 Å². The van der Waals surface area contributed by atoms with Crippen LogP contribution in [0, 0.1) is 11.6 Å². The van der Waals surface area contributed by atoms with Gasteiger partial charge in [0.2, 0.25) is 0 Å². The third-order valence-electron chi connectivity index (χ3n) is 3.06. The number of nitrogens with zero attached hydrogens (tertiary/aromatic N) is 3. The van der Waals surface area contributed by atoms with Gasteiger partial charge in [0.15, 0.2) is 0 Å². The molecule has 1 unspecified atom stereocenters. The van der Waals surface area contributed by atoms with Crippen LogP contribution in [0.2, 0.25) is 0 Å². The average molecular weight is 287 g/mol. The Labute approximate surface area is 119 Å². The van der Waals surface area contributed by atoms with Gasteiger partial charge in [-0.1, -0.05) is 23.4 Å². The van der Waals surface area contributed by atoms with Gasteiger partial charge in [0, 0.05) is 6.07 Å². The molecule has 21 heavy (non-hydrogen) atoms. The van der Waals surface area contributed by atoms with E-state index in [0.29, 0.717) is 11.4 Å². The highest BCUT2D eigenvalue weighted by Crippen LogP contribution is 2.24. The third kappa shape index (κ3) is 2.66. The Morgan fingerprint density at radius 1 is 1.00 bits per heavy atom. The van der Waals surface area contributed by atoms with Crippen molar-refractivity contribution in [1.29, 1.82) is 0 Å². The molecule has 3 aromatic rings. The predicted molar refractivity (Wildman–Crippen MR) is 71.8 cm³/mol. The number of para-hydroxylation sites is 1. The number of hydrogen-bond donors (Lipinski definition) is 1. The predicted octanol–water partition coefficient (Wildman–Crippen LogP) is 2.63. The number of aliphatic hydroxyl groups is 1. The largest absolute Gasteiger partial charge is 0.382 e. The van der Waals surface area contributed by atoms with E-state index in [1.165, 1.54) is 10.9 Å². The van der Waals surface area contributed by atoms with E-state index in [1.54, 1.807) is 12.1 Å². The van der Waals surface area contributed by atoms with Gasteiger partial charge in [-0.3, -0.25) is 0 Å². The molecule has 0 radical (unpaired) electrons. The summed E-state index contributed by atoms with van der Waals surface area (Å²) in [6.07, 6.45) is 0.130. The molecular formula is C15H11F2N3O. The third-order valence-corrected chi connectivity index (χ3v) is 3.06. The Balaban J connectivity index is 2.03. The molecule has 0 fully saturated rings. The van der Waals surface area contributed by atoms with Crippen LogP contribution >= 0.6 is 0 Å². The summed E-state index contributed by atoms with van der Waals surface area (Å²) in [6.45, 7) is 0. The normalized spacial score (nSPS) is 12.3. The lowest BCUT2D eigenvalue weighted by atomic mass is 10.1. The molecule has 0 aliphatic heterocycles. The van der Waals surface area contributed by atoms with Gasteiger partial charge in [-0.05, 0) is 29.8 Å². The maximum Gasteiger partial charge on any atom is 0.126 e. The van der Waals surface area contributed by atoms with Crippen LogP contribution in [-0.2, 0) is 0 Å². The van der Waals surface area contributed by atoms with Crippen molar-refractivity contribution in [3.8, 4) is 5.69 Å². The topological polar surface area (TPSA) is 50.9 Å². The smallest absolute Gasteiger partial charge is 0.126 e. The molecule has 0 bridgehead atoms. The standard InChI is InChI=1S/C15H11F2N3O/c16-11-6-10(7-12(17)8-11)15(21)14-9-18-19-20(14)13-4-2-1-3-5-13/h1-9,15,21H. The van der Waals surface area contributed by atoms with E-state index < -0.39 is 17.7 Å². The van der Waals surface area contributed by atoms with Crippen LogP contribution in [0.3, 0.4) is 0 Å². The summed E-state index contributed by atoms with van der Waals surface area (Å²) in [7, 11) is 0. The number of aromatic nitrogens is 3. The summed E-state index contributed by atoms with van der Waals surface area (Å²) in [5.41, 5.74) is 1.12. The van der Waals surface area contributed by atoms with Gasteiger partial charge in [-0.2, -0.15) is 0 Å². The second-order valence-corrected chi connectivity index (χ2v) is 4.51. The second-order valence-electron chi connectivity index (χ2n) is 4.51. The van der Waals surface area contributed by atoms with Crippen molar-refractivity contribution in [3.05, 3.63) is 77.6 Å². The molecule has 1 atom stereocenters. The van der Waals surface area contributed by atoms with Crippen molar-refractivity contribution in [2.45, 2.75) is 6.10 Å². The van der Waals surface area contributed by atoms with Crippen LogP contribution in [0.25, 0.3) is 5.69 Å². The number of benzene rings is 2. The Hall–Kier alpha value is -2.60. The van der Waals surface area contributed by atoms with E-state index in [9.17, 15) is 13.9 Å². The molecule has 0 aliphatic carbocycles. The van der Waals surface area contributed by atoms with E-state index in [2.05, 4.69) is 10.3 Å². The van der Waals surface area contributed by atoms with Gasteiger partial charge in [-0.25, -0.2) is 13.5 Å². The highest BCUT2D eigenvalue weighted by molar-refractivity contribution is 5.34. The fourth-order valence-electron chi connectivity index (χ4n) is 2.10. The maximum absolute atomic E-state index is 13.3. The molecule has 106 valence electrons. The summed E-state index contributed by atoms with van der Waals surface area (Å²) in [5, 5.41) is 18.0. The van der Waals surface area contributed by atoms with Gasteiger partial charge >= 0.3 is 0 Å². The number of hydrogen-bond acceptors (Lipinski definition) is 3. The van der Waals surface area contributed by atoms with Crippen molar-refractivity contribution in [3.63, 3.8) is 0 Å². The van der Waals surface area contributed by atoms with Crippen molar-refractivity contribution >= 4 is 0 Å². The van der Waals surface area contributed by atoms with Crippen LogP contribution in [0.1, 0.15) is 17.4 Å². The lowest BCUT2D eigenvalue weighted by molar-refractivity contribution is 0.211. The van der Waals surface area contributed by atoms with Crippen LogP contribution in [0.4, 0.5) is 8.78 Å². The summed E-state index contributed by atoms with van der Waals surface area (Å²) in [6, 6.07) is 12.0. The molecule has 3 rings (SSSR count). The first-order valence-electron chi connectivity index (χ1n) is 6.25. The lowest BCUT2D eigenvalue weighted by Crippen LogP contribution is -2.09. The summed E-state index contributed by atoms with van der Waals surface area (Å²) >= 11 is 0. The van der Waals surface area contributed by atoms with Crippen LogP contribution < -0.4 is 0 Å². The van der Waals surface area contributed by atoms with Gasteiger partial charge in [-0.15, -0.1) is 5.10 Å². The second kappa shape index (κ2) is 5.41. The van der Waals surface area contributed by atoms with Crippen LogP contribution in [0.5, 0.6) is 0 Å². The van der Waals surface area contributed by atoms with Crippen molar-refractivity contribution < 1.29 is 13.9 Å². The number of rotatable bonds is 3. The minimum absolute atomic E-state index is 0.104. The lowest BCUT2D eigenvalue weighted by Gasteiger charge is -2.13. The first kappa shape index (κ1) is 13.4. The Morgan fingerprint density at radius 3 is 2.33 bits per heavy atom. The fourth-order valence-corrected chi connectivity index (χ4v) is 2.10. The fraction of sp³-hybridized carbons (Fsp3) is 0.0667. The molecule has 2 aromatic carbocycles. The molecule has 0 saturated heterocycles. The summed E-state index contributed by atoms with van der Waals surface area (Å²) in [4.78, 5) is 0. The number of halogens is 2. The molecular weight excluding hydrogens is 276 g/mol. The minimum Gasteiger partial charge on any atom is -0.382 e. The zero-order valence-electron chi connectivity index (χ0n) is 10.8. The van der Waals surface area contributed by atoms with Crippen LogP contribution in [0.15, 0.2) is 54.7 Å². The highest BCUT2D eigenvalue weighted by Gasteiger charge is 2.18. The molecule has 0 aliphatic rings. The zero-order valence-corrected chi connectivity index (χ0v) is 10.8. The van der Waals surface area contributed by atoms with E-state index in [0.717, 1.165) is 18.2 Å². The zero-order chi connectivity index (χ0) is 14.8. The summed E-state index contributed by atoms with van der Waals surface area (Å²) in [5.74, 6) is -1.49. The maximum atomic E-state index is 13.3. The molecule has 1 aromatic heterocycles. The molecule has 1 N–H and O–H groups in total. The van der Waals surface area contributed by atoms with E-state index >= 15 is 0 Å². The molecule has 1 heterocycles. The quantitative estimate of drug-likeness (QED) is 0.805. The first-order valence-corrected chi connectivity index (χ1v) is 6.25. The van der Waals surface area contributed by atoms with Gasteiger partial charge in [0.05, 0.1) is 17.6 Å². The Morgan fingerprint density at radius 2 is 1.67 bits per heavy atom. The summed E-state index contributed by atoms with van der Waals surface area (Å²) < 4.78 is 28.0. The molecule has 0 spiro atoms. The van der Waals surface area contributed by atoms with Crippen molar-refractivity contribution in [2.75, 3.05) is 0 Å². The number of aliphatic hydroxyl groups excluding tert-OH is 1. The monoisotopic (exact) mass is 287 g/mol. The highest BCUT2D eigenvalue weighted by atomic mass is 19.1. The van der Waals surface area contributed by atoms with Gasteiger partial charge in [0.25, 0.3) is 0 Å². The van der Waals surface area contributed by atoms with Gasteiger partial charge < -0.3 is 5.11 Å².